The SMILES string of the molecule is CC(N)C(=O)NC(CCCN=C(N)N)C(=O)NC(Cc1ccc(O)cc1)C(=O)NC(CCCN=C(N)N)C(=O)O. The van der Waals surface area contributed by atoms with E-state index in [0.29, 0.717) is 12.0 Å². The Morgan fingerprint density at radius 2 is 1.23 bits per heavy atom. The van der Waals surface area contributed by atoms with E-state index in [9.17, 15) is 29.4 Å². The summed E-state index contributed by atoms with van der Waals surface area (Å²) >= 11 is 0. The first kappa shape index (κ1) is 33.4. The molecule has 15 N–H and O–H groups in total. The second-order valence-corrected chi connectivity index (χ2v) is 9.08. The van der Waals surface area contributed by atoms with Crippen molar-refractivity contribution in [2.75, 3.05) is 13.1 Å². The number of nitrogens with zero attached hydrogens (tertiary/aromatic N) is 2. The maximum atomic E-state index is 13.3. The number of aromatic hydroxyl groups is 1. The first-order chi connectivity index (χ1) is 18.8. The van der Waals surface area contributed by atoms with E-state index < -0.39 is 47.9 Å². The van der Waals surface area contributed by atoms with Crippen LogP contribution in [0.25, 0.3) is 0 Å². The number of benzene rings is 1. The molecule has 0 saturated carbocycles. The molecule has 1 aromatic carbocycles. The van der Waals surface area contributed by atoms with Crippen LogP contribution in [0.4, 0.5) is 0 Å². The number of guanidine groups is 2. The van der Waals surface area contributed by atoms with Crippen molar-refractivity contribution < 1.29 is 29.4 Å². The van der Waals surface area contributed by atoms with Gasteiger partial charge in [-0.1, -0.05) is 12.1 Å². The van der Waals surface area contributed by atoms with E-state index in [4.69, 9.17) is 28.7 Å². The average molecular weight is 565 g/mol. The Morgan fingerprint density at radius 3 is 1.70 bits per heavy atom. The van der Waals surface area contributed by atoms with Gasteiger partial charge in [0.1, 0.15) is 23.9 Å². The number of carboxylic acid groups (broad SMARTS) is 1. The maximum Gasteiger partial charge on any atom is 0.326 e. The molecule has 0 radical (unpaired) electrons. The summed E-state index contributed by atoms with van der Waals surface area (Å²) in [6.07, 6.45) is 0.694. The lowest BCUT2D eigenvalue weighted by molar-refractivity contribution is -0.142. The standard InChI is InChI=1S/C24H40N10O6/c1-13(25)19(36)32-16(4-2-10-30-23(26)27)20(37)34-18(12-14-6-8-15(35)9-7-14)21(38)33-17(22(39)40)5-3-11-31-24(28)29/h6-9,13,16-18,35H,2-5,10-12,25H2,1H3,(H,32,36)(H,33,38)(H,34,37)(H,39,40)(H4,26,27,30)(H4,28,29,31). The zero-order valence-electron chi connectivity index (χ0n) is 22.4. The van der Waals surface area contributed by atoms with Gasteiger partial charge in [0.05, 0.1) is 6.04 Å². The third kappa shape index (κ3) is 13.3. The first-order valence-electron chi connectivity index (χ1n) is 12.6. The molecule has 16 nitrogen and oxygen atoms in total. The van der Waals surface area contributed by atoms with Gasteiger partial charge in [0.25, 0.3) is 0 Å². The van der Waals surface area contributed by atoms with Crippen molar-refractivity contribution in [3.05, 3.63) is 29.8 Å². The monoisotopic (exact) mass is 564 g/mol. The predicted molar refractivity (Wildman–Crippen MR) is 149 cm³/mol. The third-order valence-electron chi connectivity index (χ3n) is 5.56. The fourth-order valence-corrected chi connectivity index (χ4v) is 3.46. The van der Waals surface area contributed by atoms with E-state index in [1.54, 1.807) is 12.1 Å². The van der Waals surface area contributed by atoms with Gasteiger partial charge in [0.15, 0.2) is 11.9 Å². The molecule has 0 bridgehead atoms. The number of aliphatic imine (C=N–C) groups is 2. The maximum absolute atomic E-state index is 13.3. The van der Waals surface area contributed by atoms with Crippen molar-refractivity contribution >= 4 is 35.6 Å². The van der Waals surface area contributed by atoms with E-state index in [1.165, 1.54) is 19.1 Å². The van der Waals surface area contributed by atoms with Crippen LogP contribution in [0.1, 0.15) is 38.2 Å². The quantitative estimate of drug-likeness (QED) is 0.0514. The van der Waals surface area contributed by atoms with E-state index in [2.05, 4.69) is 25.9 Å². The zero-order chi connectivity index (χ0) is 30.2. The van der Waals surface area contributed by atoms with E-state index in [1.807, 2.05) is 0 Å². The molecule has 3 amide bonds. The summed E-state index contributed by atoms with van der Waals surface area (Å²) in [5.74, 6) is -3.61. The van der Waals surface area contributed by atoms with Crippen molar-refractivity contribution in [2.24, 2.45) is 38.7 Å². The highest BCUT2D eigenvalue weighted by Gasteiger charge is 2.30. The lowest BCUT2D eigenvalue weighted by Gasteiger charge is -2.25. The van der Waals surface area contributed by atoms with Crippen LogP contribution in [0.5, 0.6) is 5.75 Å². The van der Waals surface area contributed by atoms with Gasteiger partial charge >= 0.3 is 5.97 Å². The minimum atomic E-state index is -1.28. The molecule has 222 valence electrons. The van der Waals surface area contributed by atoms with Crippen molar-refractivity contribution in [1.82, 2.24) is 16.0 Å². The molecular weight excluding hydrogens is 524 g/mol. The number of phenolic OH excluding ortho intramolecular Hbond substituents is 1. The summed E-state index contributed by atoms with van der Waals surface area (Å²) in [4.78, 5) is 58.2. The number of nitrogens with two attached hydrogens (primary N) is 5. The smallest absolute Gasteiger partial charge is 0.326 e. The zero-order valence-corrected chi connectivity index (χ0v) is 22.4. The van der Waals surface area contributed by atoms with Crippen LogP contribution in [0.2, 0.25) is 0 Å². The molecule has 0 aliphatic heterocycles. The van der Waals surface area contributed by atoms with Crippen LogP contribution in [-0.2, 0) is 25.6 Å². The van der Waals surface area contributed by atoms with Crippen molar-refractivity contribution in [3.63, 3.8) is 0 Å². The number of aliphatic carboxylic acids is 1. The number of hydrogen-bond acceptors (Lipinski definition) is 8. The molecule has 0 saturated heterocycles. The number of nitrogens with one attached hydrogen (secondary N) is 3. The fourth-order valence-electron chi connectivity index (χ4n) is 3.46. The van der Waals surface area contributed by atoms with E-state index in [-0.39, 0.29) is 56.4 Å². The van der Waals surface area contributed by atoms with Crippen LogP contribution in [-0.4, -0.2) is 83.1 Å². The normalized spacial score (nSPS) is 13.6. The van der Waals surface area contributed by atoms with Gasteiger partial charge < -0.3 is 54.8 Å². The van der Waals surface area contributed by atoms with Gasteiger partial charge in [-0.25, -0.2) is 4.79 Å². The number of carbonyl (C=O) groups excluding carboxylic acids is 3. The summed E-state index contributed by atoms with van der Waals surface area (Å²) in [7, 11) is 0. The number of phenols is 1. The van der Waals surface area contributed by atoms with Crippen molar-refractivity contribution in [1.29, 1.82) is 0 Å². The molecule has 1 rings (SSSR count). The highest BCUT2D eigenvalue weighted by atomic mass is 16.4. The van der Waals surface area contributed by atoms with E-state index in [0.717, 1.165) is 0 Å². The van der Waals surface area contributed by atoms with Crippen LogP contribution >= 0.6 is 0 Å². The van der Waals surface area contributed by atoms with Crippen LogP contribution in [0, 0.1) is 0 Å². The molecule has 1 aromatic rings. The summed E-state index contributed by atoms with van der Waals surface area (Å²) in [5.41, 5.74) is 27.4. The molecule has 4 unspecified atom stereocenters. The van der Waals surface area contributed by atoms with Crippen LogP contribution in [0.3, 0.4) is 0 Å². The summed E-state index contributed by atoms with van der Waals surface area (Å²) in [6, 6.07) is 1.42. The lowest BCUT2D eigenvalue weighted by Crippen LogP contribution is -2.57. The van der Waals surface area contributed by atoms with Crippen LogP contribution < -0.4 is 44.6 Å². The number of rotatable bonds is 17. The Balaban J connectivity index is 3.13. The average Bonchev–Trinajstić information content (AvgIpc) is 2.87. The molecule has 4 atom stereocenters. The Labute approximate surface area is 231 Å². The number of amides is 3. The summed E-state index contributed by atoms with van der Waals surface area (Å²) < 4.78 is 0. The molecular formula is C24H40N10O6. The minimum Gasteiger partial charge on any atom is -0.508 e. The second-order valence-electron chi connectivity index (χ2n) is 9.08. The molecule has 0 spiro atoms. The summed E-state index contributed by atoms with van der Waals surface area (Å²) in [5, 5.41) is 26.8. The van der Waals surface area contributed by atoms with Gasteiger partial charge in [-0.2, -0.15) is 0 Å². The predicted octanol–water partition coefficient (Wildman–Crippen LogP) is -3.07. The second kappa shape index (κ2) is 17.1. The molecule has 0 fully saturated rings. The lowest BCUT2D eigenvalue weighted by atomic mass is 10.0. The largest absolute Gasteiger partial charge is 0.508 e. The number of hydrogen-bond donors (Lipinski definition) is 10. The Morgan fingerprint density at radius 1 is 0.775 bits per heavy atom. The Kier molecular flexibility index (Phi) is 14.3. The van der Waals surface area contributed by atoms with Gasteiger partial charge in [-0.3, -0.25) is 24.4 Å². The number of carboxylic acids is 1. The molecule has 16 heteroatoms. The minimum absolute atomic E-state index is 0.0000377. The van der Waals surface area contributed by atoms with Gasteiger partial charge in [0, 0.05) is 19.5 Å². The Bertz CT molecular complexity index is 1050. The number of carbonyl (C=O) groups is 4. The molecule has 0 heterocycles. The molecule has 0 aromatic heterocycles. The first-order valence-corrected chi connectivity index (χ1v) is 12.6. The summed E-state index contributed by atoms with van der Waals surface area (Å²) in [6.45, 7) is 1.80. The molecule has 0 aliphatic carbocycles. The molecule has 0 aliphatic rings. The van der Waals surface area contributed by atoms with Crippen LogP contribution in [0.15, 0.2) is 34.3 Å². The highest BCUT2D eigenvalue weighted by Crippen LogP contribution is 2.12. The topological polar surface area (TPSA) is 300 Å². The van der Waals surface area contributed by atoms with Crippen molar-refractivity contribution in [2.45, 2.75) is 63.2 Å². The van der Waals surface area contributed by atoms with E-state index >= 15 is 0 Å². The highest BCUT2D eigenvalue weighted by molar-refractivity contribution is 5.94. The van der Waals surface area contributed by atoms with Crippen molar-refractivity contribution in [3.8, 4) is 5.75 Å². The molecule has 40 heavy (non-hydrogen) atoms. The van der Waals surface area contributed by atoms with Gasteiger partial charge in [-0.15, -0.1) is 0 Å². The fraction of sp³-hybridized carbons (Fsp3) is 0.500. The van der Waals surface area contributed by atoms with Gasteiger partial charge in [-0.05, 0) is 50.3 Å². The Hall–Kier alpha value is -4.60. The third-order valence-corrected chi connectivity index (χ3v) is 5.56. The van der Waals surface area contributed by atoms with Gasteiger partial charge in [0.2, 0.25) is 17.7 Å².